The zero-order valence-corrected chi connectivity index (χ0v) is 12.9. The van der Waals surface area contributed by atoms with E-state index in [-0.39, 0.29) is 23.8 Å². The van der Waals surface area contributed by atoms with Crippen LogP contribution >= 0.6 is 0 Å². The maximum Gasteiger partial charge on any atom is 0.311 e. The van der Waals surface area contributed by atoms with Crippen LogP contribution in [0.5, 0.6) is 0 Å². The molecule has 5 nitrogen and oxygen atoms in total. The molecule has 0 bridgehead atoms. The fraction of sp³-hybridized carbons (Fsp3) is 0.867. The molecular weight excluding hydrogens is 256 g/mol. The van der Waals surface area contributed by atoms with E-state index in [9.17, 15) is 14.7 Å². The number of aliphatic carboxylic acids is 1. The molecule has 1 heterocycles. The minimum Gasteiger partial charge on any atom is -0.481 e. The van der Waals surface area contributed by atoms with E-state index in [0.717, 1.165) is 12.8 Å². The van der Waals surface area contributed by atoms with Crippen molar-refractivity contribution in [3.63, 3.8) is 0 Å². The summed E-state index contributed by atoms with van der Waals surface area (Å²) in [7, 11) is 3.82. The maximum absolute atomic E-state index is 12.7. The lowest BCUT2D eigenvalue weighted by molar-refractivity contribution is -0.149. The van der Waals surface area contributed by atoms with Crippen molar-refractivity contribution >= 4 is 11.9 Å². The van der Waals surface area contributed by atoms with Gasteiger partial charge in [-0.1, -0.05) is 20.3 Å². The van der Waals surface area contributed by atoms with E-state index in [2.05, 4.69) is 0 Å². The smallest absolute Gasteiger partial charge is 0.311 e. The molecule has 2 rings (SSSR count). The molecule has 1 saturated carbocycles. The molecule has 1 amide bonds. The number of rotatable bonds is 4. The van der Waals surface area contributed by atoms with Gasteiger partial charge in [0.25, 0.3) is 0 Å². The summed E-state index contributed by atoms with van der Waals surface area (Å²) < 4.78 is 0. The average molecular weight is 282 g/mol. The van der Waals surface area contributed by atoms with E-state index < -0.39 is 11.4 Å². The Hall–Kier alpha value is -1.10. The highest BCUT2D eigenvalue weighted by Gasteiger charge is 2.56. The number of nitrogens with zero attached hydrogens (tertiary/aromatic N) is 2. The molecule has 0 unspecified atom stereocenters. The van der Waals surface area contributed by atoms with Crippen LogP contribution in [0.25, 0.3) is 0 Å². The lowest BCUT2D eigenvalue weighted by atomic mass is 9.81. The van der Waals surface area contributed by atoms with Crippen molar-refractivity contribution in [3.8, 4) is 0 Å². The third-order valence-corrected chi connectivity index (χ3v) is 5.05. The maximum atomic E-state index is 12.7. The van der Waals surface area contributed by atoms with Gasteiger partial charge in [0.1, 0.15) is 0 Å². The van der Waals surface area contributed by atoms with E-state index in [1.54, 1.807) is 4.90 Å². The number of fused-ring (bicyclic) bond motifs is 1. The summed E-state index contributed by atoms with van der Waals surface area (Å²) in [4.78, 5) is 28.1. The van der Waals surface area contributed by atoms with E-state index in [4.69, 9.17) is 0 Å². The summed E-state index contributed by atoms with van der Waals surface area (Å²) in [5.74, 6) is -0.279. The van der Waals surface area contributed by atoms with E-state index in [1.165, 1.54) is 0 Å². The Balaban J connectivity index is 2.16. The molecule has 1 N–H and O–H groups in total. The second-order valence-corrected chi connectivity index (χ2v) is 6.92. The topological polar surface area (TPSA) is 60.9 Å². The van der Waals surface area contributed by atoms with Crippen LogP contribution in [0.2, 0.25) is 0 Å². The van der Waals surface area contributed by atoms with E-state index in [1.807, 2.05) is 32.8 Å². The molecule has 0 aromatic heterocycles. The predicted octanol–water partition coefficient (Wildman–Crippen LogP) is 1.29. The van der Waals surface area contributed by atoms with Crippen molar-refractivity contribution < 1.29 is 14.7 Å². The van der Waals surface area contributed by atoms with Gasteiger partial charge in [-0.05, 0) is 38.8 Å². The number of carbonyl (C=O) groups excluding carboxylic acids is 1. The largest absolute Gasteiger partial charge is 0.481 e. The molecule has 0 radical (unpaired) electrons. The van der Waals surface area contributed by atoms with Gasteiger partial charge < -0.3 is 10.0 Å². The zero-order chi connectivity index (χ0) is 15.1. The third kappa shape index (κ3) is 2.32. The van der Waals surface area contributed by atoms with Crippen molar-refractivity contribution in [2.24, 2.45) is 17.3 Å². The summed E-state index contributed by atoms with van der Waals surface area (Å²) in [5.41, 5.74) is -0.677. The number of amides is 1. The molecule has 5 heteroatoms. The molecule has 3 atom stereocenters. The molecule has 0 spiro atoms. The highest BCUT2D eigenvalue weighted by molar-refractivity contribution is 5.85. The number of likely N-dealkylation sites (N-methyl/N-ethyl adjacent to an activating group) is 1. The van der Waals surface area contributed by atoms with Crippen LogP contribution in [0.1, 0.15) is 33.1 Å². The molecular formula is C15H26N2O3. The molecule has 1 aliphatic heterocycles. The molecule has 20 heavy (non-hydrogen) atoms. The summed E-state index contributed by atoms with van der Waals surface area (Å²) >= 11 is 0. The fourth-order valence-corrected chi connectivity index (χ4v) is 4.10. The van der Waals surface area contributed by atoms with Gasteiger partial charge in [0, 0.05) is 13.1 Å². The third-order valence-electron chi connectivity index (χ3n) is 5.05. The number of carboxylic acids is 1. The van der Waals surface area contributed by atoms with E-state index >= 15 is 0 Å². The first-order valence-corrected chi connectivity index (χ1v) is 7.48. The Labute approximate surface area is 120 Å². The second kappa shape index (κ2) is 5.35. The Bertz CT molecular complexity index is 400. The SMILES string of the molecule is CC(C)[C@@H](C(=O)N1C[C@@H]2CCC[C@@]2(C(=O)O)C1)N(C)C. The van der Waals surface area contributed by atoms with Crippen LogP contribution < -0.4 is 0 Å². The molecule has 2 fully saturated rings. The monoisotopic (exact) mass is 282 g/mol. The van der Waals surface area contributed by atoms with Crippen LogP contribution in [-0.4, -0.2) is 60.0 Å². The molecule has 0 aromatic rings. The summed E-state index contributed by atoms with van der Waals surface area (Å²) in [6.07, 6.45) is 2.62. The number of carbonyl (C=O) groups is 2. The van der Waals surface area contributed by atoms with Crippen molar-refractivity contribution in [1.82, 2.24) is 9.80 Å². The van der Waals surface area contributed by atoms with Gasteiger partial charge in [0.05, 0.1) is 11.5 Å². The minimum atomic E-state index is -0.721. The first-order valence-electron chi connectivity index (χ1n) is 7.48. The van der Waals surface area contributed by atoms with Crippen molar-refractivity contribution in [2.45, 2.75) is 39.2 Å². The number of hydrogen-bond donors (Lipinski definition) is 1. The fourth-order valence-electron chi connectivity index (χ4n) is 4.10. The van der Waals surface area contributed by atoms with Crippen molar-refractivity contribution in [3.05, 3.63) is 0 Å². The van der Waals surface area contributed by atoms with Crippen LogP contribution in [-0.2, 0) is 9.59 Å². The van der Waals surface area contributed by atoms with Crippen LogP contribution in [0, 0.1) is 17.3 Å². The quantitative estimate of drug-likeness (QED) is 0.844. The highest BCUT2D eigenvalue weighted by atomic mass is 16.4. The predicted molar refractivity (Wildman–Crippen MR) is 76.3 cm³/mol. The number of likely N-dealkylation sites (tertiary alicyclic amines) is 1. The Morgan fingerprint density at radius 2 is 2.00 bits per heavy atom. The molecule has 0 aromatic carbocycles. The molecule has 114 valence electrons. The van der Waals surface area contributed by atoms with Gasteiger partial charge in [-0.2, -0.15) is 0 Å². The van der Waals surface area contributed by atoms with Gasteiger partial charge in [-0.15, -0.1) is 0 Å². The normalized spacial score (nSPS) is 30.9. The Morgan fingerprint density at radius 3 is 2.45 bits per heavy atom. The Morgan fingerprint density at radius 1 is 1.35 bits per heavy atom. The minimum absolute atomic E-state index is 0.0834. The van der Waals surface area contributed by atoms with Crippen molar-refractivity contribution in [2.75, 3.05) is 27.2 Å². The summed E-state index contributed by atoms with van der Waals surface area (Å²) in [6, 6.07) is -0.167. The Kier molecular flexibility index (Phi) is 4.09. The van der Waals surface area contributed by atoms with Gasteiger partial charge in [-0.3, -0.25) is 14.5 Å². The molecule has 1 saturated heterocycles. The lowest BCUT2D eigenvalue weighted by Crippen LogP contribution is -2.49. The highest BCUT2D eigenvalue weighted by Crippen LogP contribution is 2.49. The average Bonchev–Trinajstić information content (AvgIpc) is 2.83. The van der Waals surface area contributed by atoms with Gasteiger partial charge >= 0.3 is 5.97 Å². The van der Waals surface area contributed by atoms with Crippen LogP contribution in [0.15, 0.2) is 0 Å². The van der Waals surface area contributed by atoms with Crippen molar-refractivity contribution in [1.29, 1.82) is 0 Å². The summed E-state index contributed by atoms with van der Waals surface area (Å²) in [5, 5.41) is 9.58. The second-order valence-electron chi connectivity index (χ2n) is 6.92. The summed E-state index contributed by atoms with van der Waals surface area (Å²) in [6.45, 7) is 5.07. The van der Waals surface area contributed by atoms with Gasteiger partial charge in [-0.25, -0.2) is 0 Å². The van der Waals surface area contributed by atoms with Gasteiger partial charge in [0.2, 0.25) is 5.91 Å². The first kappa shape index (κ1) is 15.3. The van der Waals surface area contributed by atoms with E-state index in [0.29, 0.717) is 19.5 Å². The van der Waals surface area contributed by atoms with Crippen LogP contribution in [0.4, 0.5) is 0 Å². The standard InChI is InChI=1S/C15H26N2O3/c1-10(2)12(16(3)4)13(18)17-8-11-6-5-7-15(11,9-17)14(19)20/h10-12H,5-9H2,1-4H3,(H,19,20)/t11-,12-,15+/m0/s1. The number of hydrogen-bond acceptors (Lipinski definition) is 3. The molecule has 1 aliphatic carbocycles. The van der Waals surface area contributed by atoms with Gasteiger partial charge in [0.15, 0.2) is 0 Å². The molecule has 2 aliphatic rings. The number of carboxylic acid groups (broad SMARTS) is 1. The lowest BCUT2D eigenvalue weighted by Gasteiger charge is -2.31. The van der Waals surface area contributed by atoms with Crippen LogP contribution in [0.3, 0.4) is 0 Å². The zero-order valence-electron chi connectivity index (χ0n) is 12.9. The first-order chi connectivity index (χ1) is 9.29.